The minimum absolute atomic E-state index is 0. The van der Waals surface area contributed by atoms with E-state index in [0.29, 0.717) is 11.4 Å². The number of imide groups is 1. The van der Waals surface area contributed by atoms with Crippen molar-refractivity contribution in [1.82, 2.24) is 20.3 Å². The number of hydrogen-bond acceptors (Lipinski definition) is 7. The van der Waals surface area contributed by atoms with Crippen LogP contribution in [0.25, 0.3) is 11.0 Å². The van der Waals surface area contributed by atoms with Gasteiger partial charge in [-0.05, 0) is 35.4 Å². The minimum Gasteiger partial charge on any atom is -0.497 e. The Hall–Kier alpha value is -3.14. The summed E-state index contributed by atoms with van der Waals surface area (Å²) < 4.78 is 10.7. The Labute approximate surface area is 204 Å². The first kappa shape index (κ1) is 24.0. The van der Waals surface area contributed by atoms with E-state index in [4.69, 9.17) is 9.26 Å². The highest BCUT2D eigenvalue weighted by Crippen LogP contribution is 2.30. The number of piperazine rings is 1. The van der Waals surface area contributed by atoms with Crippen molar-refractivity contribution in [3.8, 4) is 5.75 Å². The van der Waals surface area contributed by atoms with Crippen LogP contribution >= 0.6 is 12.4 Å². The second-order valence-corrected chi connectivity index (χ2v) is 8.38. The second-order valence-electron chi connectivity index (χ2n) is 8.38. The molecule has 0 spiro atoms. The third-order valence-electron chi connectivity index (χ3n) is 6.20. The van der Waals surface area contributed by atoms with Gasteiger partial charge in [0.15, 0.2) is 11.4 Å². The summed E-state index contributed by atoms with van der Waals surface area (Å²) >= 11 is 0. The SMILES string of the molecule is COc1ccc(CN2C(=O)CCN(c3noc4ccc(CN5CCNCC5)cc34)C2=O)cc1.Cl. The topological polar surface area (TPSA) is 91.2 Å². The highest BCUT2D eigenvalue weighted by atomic mass is 35.5. The smallest absolute Gasteiger partial charge is 0.332 e. The number of carbonyl (C=O) groups excluding carboxylic acids is 2. The zero-order valence-electron chi connectivity index (χ0n) is 19.0. The lowest BCUT2D eigenvalue weighted by molar-refractivity contribution is -0.129. The molecule has 3 amide bonds. The number of urea groups is 1. The molecule has 9 nitrogen and oxygen atoms in total. The van der Waals surface area contributed by atoms with Crippen LogP contribution in [0.15, 0.2) is 47.0 Å². The van der Waals surface area contributed by atoms with E-state index in [1.165, 1.54) is 4.90 Å². The first-order valence-corrected chi connectivity index (χ1v) is 11.2. The fraction of sp³-hybridized carbons (Fsp3) is 0.375. The van der Waals surface area contributed by atoms with Crippen LogP contribution in [0.1, 0.15) is 17.5 Å². The van der Waals surface area contributed by atoms with E-state index in [1.54, 1.807) is 12.0 Å². The Morgan fingerprint density at radius 2 is 1.74 bits per heavy atom. The number of benzene rings is 2. The van der Waals surface area contributed by atoms with Crippen LogP contribution in [-0.2, 0) is 17.9 Å². The zero-order chi connectivity index (χ0) is 22.8. The van der Waals surface area contributed by atoms with Crippen LogP contribution in [0, 0.1) is 0 Å². The molecule has 1 N–H and O–H groups in total. The van der Waals surface area contributed by atoms with E-state index in [1.807, 2.05) is 42.5 Å². The fourth-order valence-electron chi connectivity index (χ4n) is 4.35. The first-order chi connectivity index (χ1) is 16.1. The average Bonchev–Trinajstić information content (AvgIpc) is 3.26. The quantitative estimate of drug-likeness (QED) is 0.573. The van der Waals surface area contributed by atoms with E-state index in [9.17, 15) is 9.59 Å². The largest absolute Gasteiger partial charge is 0.497 e. The standard InChI is InChI=1S/C24H27N5O4.ClH/c1-32-19-5-2-17(3-6-19)16-29-22(30)8-11-28(24(29)31)23-20-14-18(4-7-21(20)33-26-23)15-27-12-9-25-10-13-27;/h2-7,14,25H,8-13,15-16H2,1H3;1H. The summed E-state index contributed by atoms with van der Waals surface area (Å²) in [6, 6.07) is 12.9. The van der Waals surface area contributed by atoms with Crippen LogP contribution in [0.4, 0.5) is 10.6 Å². The third-order valence-corrected chi connectivity index (χ3v) is 6.20. The van der Waals surface area contributed by atoms with Gasteiger partial charge in [-0.15, -0.1) is 12.4 Å². The molecule has 0 unspecified atom stereocenters. The number of halogens is 1. The molecule has 0 aliphatic carbocycles. The number of amides is 3. The van der Waals surface area contributed by atoms with Crippen molar-refractivity contribution in [2.45, 2.75) is 19.5 Å². The van der Waals surface area contributed by atoms with Crippen molar-refractivity contribution in [2.75, 3.05) is 44.7 Å². The minimum atomic E-state index is -0.384. The fourth-order valence-corrected chi connectivity index (χ4v) is 4.35. The van der Waals surface area contributed by atoms with Crippen molar-refractivity contribution >= 4 is 41.1 Å². The number of hydrogen-bond donors (Lipinski definition) is 1. The lowest BCUT2D eigenvalue weighted by atomic mass is 10.1. The van der Waals surface area contributed by atoms with Crippen LogP contribution < -0.4 is 15.0 Å². The summed E-state index contributed by atoms with van der Waals surface area (Å²) in [4.78, 5) is 31.1. The van der Waals surface area contributed by atoms with E-state index >= 15 is 0 Å². The predicted octanol–water partition coefficient (Wildman–Crippen LogP) is 3.02. The van der Waals surface area contributed by atoms with Crippen molar-refractivity contribution in [1.29, 1.82) is 0 Å². The second kappa shape index (κ2) is 10.4. The summed E-state index contributed by atoms with van der Waals surface area (Å²) in [6.07, 6.45) is 0.233. The van der Waals surface area contributed by atoms with E-state index in [0.717, 1.165) is 55.0 Å². The highest BCUT2D eigenvalue weighted by Gasteiger charge is 2.35. The molecular weight excluding hydrogens is 458 g/mol. The Morgan fingerprint density at radius 1 is 1.00 bits per heavy atom. The van der Waals surface area contributed by atoms with Crippen LogP contribution in [-0.4, -0.2) is 66.7 Å². The molecule has 5 rings (SSSR count). The molecule has 1 aromatic heterocycles. The number of anilines is 1. The molecule has 10 heteroatoms. The molecule has 3 heterocycles. The number of carbonyl (C=O) groups is 2. The van der Waals surface area contributed by atoms with E-state index in [2.05, 4.69) is 15.4 Å². The number of aromatic nitrogens is 1. The van der Waals surface area contributed by atoms with Crippen molar-refractivity contribution in [2.24, 2.45) is 0 Å². The molecule has 2 aromatic carbocycles. The Morgan fingerprint density at radius 3 is 2.47 bits per heavy atom. The molecule has 180 valence electrons. The monoisotopic (exact) mass is 485 g/mol. The van der Waals surface area contributed by atoms with Gasteiger partial charge in [-0.1, -0.05) is 23.4 Å². The molecular formula is C24H28ClN5O4. The van der Waals surface area contributed by atoms with Gasteiger partial charge < -0.3 is 14.6 Å². The van der Waals surface area contributed by atoms with Gasteiger partial charge in [0.1, 0.15) is 5.75 Å². The summed E-state index contributed by atoms with van der Waals surface area (Å²) in [5, 5.41) is 8.35. The molecule has 0 radical (unpaired) electrons. The lowest BCUT2D eigenvalue weighted by Crippen LogP contribution is -2.52. The van der Waals surface area contributed by atoms with Crippen LogP contribution in [0.5, 0.6) is 5.75 Å². The highest BCUT2D eigenvalue weighted by molar-refractivity contribution is 6.08. The van der Waals surface area contributed by atoms with Crippen LogP contribution in [0.3, 0.4) is 0 Å². The molecule has 0 bridgehead atoms. The maximum absolute atomic E-state index is 13.3. The van der Waals surface area contributed by atoms with E-state index in [-0.39, 0.29) is 43.9 Å². The molecule has 3 aromatic rings. The summed E-state index contributed by atoms with van der Waals surface area (Å²) in [7, 11) is 1.60. The van der Waals surface area contributed by atoms with Gasteiger partial charge in [0.25, 0.3) is 0 Å². The van der Waals surface area contributed by atoms with Crippen LogP contribution in [0.2, 0.25) is 0 Å². The molecule has 2 aliphatic rings. The molecule has 2 saturated heterocycles. The van der Waals surface area contributed by atoms with Gasteiger partial charge in [-0.2, -0.15) is 0 Å². The first-order valence-electron chi connectivity index (χ1n) is 11.2. The maximum atomic E-state index is 13.3. The van der Waals surface area contributed by atoms with Gasteiger partial charge in [0.05, 0.1) is 19.0 Å². The van der Waals surface area contributed by atoms with Gasteiger partial charge in [-0.3, -0.25) is 19.5 Å². The molecule has 0 saturated carbocycles. The van der Waals surface area contributed by atoms with Gasteiger partial charge >= 0.3 is 6.03 Å². The zero-order valence-corrected chi connectivity index (χ0v) is 19.8. The van der Waals surface area contributed by atoms with Crippen molar-refractivity contribution in [3.63, 3.8) is 0 Å². The molecule has 2 fully saturated rings. The number of fused-ring (bicyclic) bond motifs is 1. The van der Waals surface area contributed by atoms with E-state index < -0.39 is 0 Å². The summed E-state index contributed by atoms with van der Waals surface area (Å²) in [5.41, 5.74) is 2.62. The molecule has 34 heavy (non-hydrogen) atoms. The number of rotatable bonds is 6. The van der Waals surface area contributed by atoms with Gasteiger partial charge in [-0.25, -0.2) is 4.79 Å². The summed E-state index contributed by atoms with van der Waals surface area (Å²) in [6.45, 7) is 5.28. The summed E-state index contributed by atoms with van der Waals surface area (Å²) in [5.74, 6) is 0.992. The lowest BCUT2D eigenvalue weighted by Gasteiger charge is -2.33. The number of nitrogens with one attached hydrogen (secondary N) is 1. The predicted molar refractivity (Wildman–Crippen MR) is 130 cm³/mol. The Kier molecular flexibility index (Phi) is 7.35. The Balaban J connectivity index is 0.00000274. The average molecular weight is 486 g/mol. The van der Waals surface area contributed by atoms with Gasteiger partial charge in [0.2, 0.25) is 5.91 Å². The van der Waals surface area contributed by atoms with Crippen molar-refractivity contribution in [3.05, 3.63) is 53.6 Å². The number of methoxy groups -OCH3 is 1. The van der Waals surface area contributed by atoms with Crippen molar-refractivity contribution < 1.29 is 18.8 Å². The Bertz CT molecular complexity index is 1160. The third kappa shape index (κ3) is 4.86. The maximum Gasteiger partial charge on any atom is 0.332 e. The number of nitrogens with zero attached hydrogens (tertiary/aromatic N) is 4. The normalized spacial score (nSPS) is 17.2. The van der Waals surface area contributed by atoms with Gasteiger partial charge in [0, 0.05) is 45.7 Å². The molecule has 0 atom stereocenters. The number of ether oxygens (including phenoxy) is 1. The molecule has 2 aliphatic heterocycles.